The van der Waals surface area contributed by atoms with Crippen molar-refractivity contribution >= 4 is 6.09 Å². The molecule has 6 heavy (non-hydrogen) atoms. The summed E-state index contributed by atoms with van der Waals surface area (Å²) in [5, 5.41) is 16.1. The molecule has 0 unspecified atom stereocenters. The number of amides is 1. The Morgan fingerprint density at radius 3 is 2.00 bits per heavy atom. The van der Waals surface area contributed by atoms with Crippen molar-refractivity contribution in [3.8, 4) is 0 Å². The van der Waals surface area contributed by atoms with E-state index in [1.165, 1.54) is 0 Å². The third-order valence-electron chi connectivity index (χ3n) is 0.0873. The van der Waals surface area contributed by atoms with E-state index in [0.29, 0.717) is 5.48 Å². The molecule has 2 N–H and O–H groups in total. The molecule has 0 saturated carbocycles. The first-order valence-corrected chi connectivity index (χ1v) is 0.882. The van der Waals surface area contributed by atoms with E-state index in [0.717, 1.165) is 0 Å². The SMILES string of the molecule is O=C(O)N[O-].[Cu+]. The average Bonchev–Trinajstić information content (AvgIpc) is 1.38. The van der Waals surface area contributed by atoms with Crippen molar-refractivity contribution in [2.75, 3.05) is 0 Å². The molecule has 0 aliphatic carbocycles. The summed E-state index contributed by atoms with van der Waals surface area (Å²) < 4.78 is 0. The van der Waals surface area contributed by atoms with Crippen LogP contribution in [0.3, 0.4) is 0 Å². The van der Waals surface area contributed by atoms with Crippen molar-refractivity contribution in [3.05, 3.63) is 5.21 Å². The number of hydrogen-bond acceptors (Lipinski definition) is 2. The second kappa shape index (κ2) is 4.75. The molecular weight excluding hydrogens is 138 g/mol. The first kappa shape index (κ1) is 9.23. The number of nitrogens with one attached hydrogen (secondary N) is 1. The maximum absolute atomic E-state index is 8.94. The van der Waals surface area contributed by atoms with Gasteiger partial charge in [-0.25, -0.2) is 4.79 Å². The fourth-order valence-corrected chi connectivity index (χ4v) is 0. The number of hydroxylamine groups is 1. The Morgan fingerprint density at radius 2 is 2.00 bits per heavy atom. The zero-order valence-electron chi connectivity index (χ0n) is 2.57. The van der Waals surface area contributed by atoms with E-state index in [1.54, 1.807) is 0 Å². The first-order chi connectivity index (χ1) is 2.27. The third kappa shape index (κ3) is 9.26. The third-order valence-corrected chi connectivity index (χ3v) is 0.0873. The van der Waals surface area contributed by atoms with Crippen LogP contribution in [0.1, 0.15) is 0 Å². The molecule has 0 fully saturated rings. The van der Waals surface area contributed by atoms with Gasteiger partial charge in [-0.05, 0) is 0 Å². The van der Waals surface area contributed by atoms with Crippen molar-refractivity contribution in [1.29, 1.82) is 0 Å². The molecule has 0 aliphatic rings. The van der Waals surface area contributed by atoms with Gasteiger partial charge >= 0.3 is 23.2 Å². The van der Waals surface area contributed by atoms with Crippen LogP contribution in [0.15, 0.2) is 0 Å². The van der Waals surface area contributed by atoms with Gasteiger partial charge in [0.2, 0.25) is 0 Å². The predicted octanol–water partition coefficient (Wildman–Crippen LogP) is -0.251. The molecule has 0 saturated heterocycles. The van der Waals surface area contributed by atoms with Gasteiger partial charge in [0.25, 0.3) is 0 Å². The maximum Gasteiger partial charge on any atom is 1.00 e. The Hall–Kier alpha value is -0.251. The molecule has 5 heteroatoms. The van der Waals surface area contributed by atoms with Gasteiger partial charge in [-0.1, -0.05) is 0 Å². The minimum atomic E-state index is -1.55. The molecule has 0 heterocycles. The summed E-state index contributed by atoms with van der Waals surface area (Å²) in [5.41, 5.74) is 0.694. The molecule has 0 aromatic carbocycles. The summed E-state index contributed by atoms with van der Waals surface area (Å²) >= 11 is 0. The van der Waals surface area contributed by atoms with Crippen LogP contribution in [0.25, 0.3) is 0 Å². The van der Waals surface area contributed by atoms with Gasteiger partial charge in [-0.2, -0.15) is 0 Å². The van der Waals surface area contributed by atoms with Crippen molar-refractivity contribution in [2.24, 2.45) is 0 Å². The molecule has 0 aromatic rings. The van der Waals surface area contributed by atoms with E-state index < -0.39 is 6.09 Å². The van der Waals surface area contributed by atoms with E-state index in [4.69, 9.17) is 15.1 Å². The van der Waals surface area contributed by atoms with Gasteiger partial charge in [-0.3, -0.25) is 0 Å². The molecule has 1 amide bonds. The first-order valence-electron chi connectivity index (χ1n) is 0.882. The van der Waals surface area contributed by atoms with Gasteiger partial charge in [0, 0.05) is 0 Å². The van der Waals surface area contributed by atoms with Gasteiger partial charge < -0.3 is 15.8 Å². The zero-order chi connectivity index (χ0) is 4.28. The molecule has 40 valence electrons. The van der Waals surface area contributed by atoms with Crippen LogP contribution in [0, 0.1) is 5.21 Å². The smallest absolute Gasteiger partial charge is 0.756 e. The van der Waals surface area contributed by atoms with Crippen molar-refractivity contribution < 1.29 is 27.0 Å². The molecule has 0 bridgehead atoms. The van der Waals surface area contributed by atoms with Crippen molar-refractivity contribution in [3.63, 3.8) is 0 Å². The second-order valence-electron chi connectivity index (χ2n) is 0.407. The molecular formula is CH2CuNO3. The monoisotopic (exact) mass is 139 g/mol. The Labute approximate surface area is 44.6 Å². The molecule has 4 nitrogen and oxygen atoms in total. The topological polar surface area (TPSA) is 72.4 Å². The average molecular weight is 140 g/mol. The summed E-state index contributed by atoms with van der Waals surface area (Å²) in [6.07, 6.45) is -1.55. The van der Waals surface area contributed by atoms with Crippen LogP contribution in [-0.4, -0.2) is 11.2 Å². The number of carboxylic acid groups (broad SMARTS) is 1. The van der Waals surface area contributed by atoms with Crippen LogP contribution in [0.5, 0.6) is 0 Å². The number of hydrogen-bond donors (Lipinski definition) is 2. The second-order valence-corrected chi connectivity index (χ2v) is 0.407. The summed E-state index contributed by atoms with van der Waals surface area (Å²) in [5.74, 6) is 0. The van der Waals surface area contributed by atoms with Crippen LogP contribution in [0.4, 0.5) is 4.79 Å². The van der Waals surface area contributed by atoms with Crippen LogP contribution in [-0.2, 0) is 17.1 Å². The van der Waals surface area contributed by atoms with Crippen molar-refractivity contribution in [2.45, 2.75) is 0 Å². The van der Waals surface area contributed by atoms with E-state index in [1.807, 2.05) is 0 Å². The molecule has 0 spiro atoms. The Bertz CT molecular complexity index is 46.1. The zero-order valence-corrected chi connectivity index (χ0v) is 3.51. The van der Waals surface area contributed by atoms with Gasteiger partial charge in [0.1, 0.15) is 0 Å². The molecule has 0 aromatic heterocycles. The van der Waals surface area contributed by atoms with Gasteiger partial charge in [-0.15, -0.1) is 0 Å². The van der Waals surface area contributed by atoms with E-state index in [9.17, 15) is 0 Å². The standard InChI is InChI=1S/CH2NO3.Cu/c3-1(4)2-5;/h2H,(H,3,4);/q-1;+1. The predicted molar refractivity (Wildman–Crippen MR) is 14.5 cm³/mol. The maximum atomic E-state index is 8.94. The minimum Gasteiger partial charge on any atom is -0.756 e. The molecule has 0 atom stereocenters. The van der Waals surface area contributed by atoms with E-state index >= 15 is 0 Å². The van der Waals surface area contributed by atoms with Crippen LogP contribution < -0.4 is 5.48 Å². The summed E-state index contributed by atoms with van der Waals surface area (Å²) in [4.78, 5) is 8.94. The Morgan fingerprint density at radius 1 is 1.83 bits per heavy atom. The molecule has 0 radical (unpaired) electrons. The van der Waals surface area contributed by atoms with Gasteiger partial charge in [0.05, 0.1) is 0 Å². The van der Waals surface area contributed by atoms with E-state index in [-0.39, 0.29) is 17.1 Å². The van der Waals surface area contributed by atoms with Crippen molar-refractivity contribution in [1.82, 2.24) is 5.48 Å². The fraction of sp³-hybridized carbons (Fsp3) is 0. The summed E-state index contributed by atoms with van der Waals surface area (Å²) in [6, 6.07) is 0. The largest absolute Gasteiger partial charge is 1.00 e. The Kier molecular flexibility index (Phi) is 7.30. The molecule has 0 aliphatic heterocycles. The van der Waals surface area contributed by atoms with E-state index in [2.05, 4.69) is 0 Å². The minimum absolute atomic E-state index is 0. The summed E-state index contributed by atoms with van der Waals surface area (Å²) in [7, 11) is 0. The molecule has 0 rings (SSSR count). The number of rotatable bonds is 0. The Balaban J connectivity index is 0. The van der Waals surface area contributed by atoms with Crippen LogP contribution in [0.2, 0.25) is 0 Å². The van der Waals surface area contributed by atoms with Crippen LogP contribution >= 0.6 is 0 Å². The normalized spacial score (nSPS) is 5.50. The summed E-state index contributed by atoms with van der Waals surface area (Å²) in [6.45, 7) is 0. The quantitative estimate of drug-likeness (QED) is 0.359. The fourth-order valence-electron chi connectivity index (χ4n) is 0. The number of carbonyl (C=O) groups is 1. The van der Waals surface area contributed by atoms with Gasteiger partial charge in [0.15, 0.2) is 0 Å².